The molecule has 4 aromatic rings. The van der Waals surface area contributed by atoms with Crippen LogP contribution >= 0.6 is 0 Å². The van der Waals surface area contributed by atoms with Crippen molar-refractivity contribution in [2.24, 2.45) is 7.05 Å². The van der Waals surface area contributed by atoms with E-state index in [1.54, 1.807) is 18.5 Å². The lowest BCUT2D eigenvalue weighted by Crippen LogP contribution is -2.49. The summed E-state index contributed by atoms with van der Waals surface area (Å²) in [6.07, 6.45) is 1.10. The summed E-state index contributed by atoms with van der Waals surface area (Å²) in [5.41, 5.74) is 1.57. The zero-order valence-electron chi connectivity index (χ0n) is 25.8. The van der Waals surface area contributed by atoms with E-state index in [1.165, 1.54) is 4.57 Å². The van der Waals surface area contributed by atoms with E-state index >= 15 is 0 Å². The summed E-state index contributed by atoms with van der Waals surface area (Å²) in [4.78, 5) is 56.1. The summed E-state index contributed by atoms with van der Waals surface area (Å²) < 4.78 is 9.75. The van der Waals surface area contributed by atoms with E-state index in [2.05, 4.69) is 27.1 Å². The molecule has 0 saturated carbocycles. The number of nitrogens with one attached hydrogen (secondary N) is 1. The fourth-order valence-electron chi connectivity index (χ4n) is 5.47. The Hall–Kier alpha value is -4.66. The van der Waals surface area contributed by atoms with Crippen molar-refractivity contribution in [3.05, 3.63) is 56.1 Å². The molecule has 0 bridgehead atoms. The minimum atomic E-state index is -0.606. The highest BCUT2D eigenvalue weighted by Crippen LogP contribution is 2.24. The van der Waals surface area contributed by atoms with Crippen LogP contribution < -0.4 is 21.5 Å². The topological polar surface area (TPSA) is 129 Å². The minimum Gasteiger partial charge on any atom is -0.444 e. The largest absolute Gasteiger partial charge is 0.444 e. The quantitative estimate of drug-likeness (QED) is 0.354. The Balaban J connectivity index is 1.55. The maximum atomic E-state index is 14.0. The van der Waals surface area contributed by atoms with Crippen LogP contribution in [0.5, 0.6) is 0 Å². The zero-order chi connectivity index (χ0) is 31.1. The molecule has 0 aliphatic carbocycles. The molecule has 0 radical (unpaired) electrons. The van der Waals surface area contributed by atoms with Gasteiger partial charge in [0, 0.05) is 37.3 Å². The number of benzene rings is 1. The van der Waals surface area contributed by atoms with E-state index in [1.807, 2.05) is 57.7 Å². The highest BCUT2D eigenvalue weighted by molar-refractivity contribution is 5.81. The molecule has 1 amide bonds. The van der Waals surface area contributed by atoms with Crippen molar-refractivity contribution in [2.75, 3.05) is 18.0 Å². The van der Waals surface area contributed by atoms with Gasteiger partial charge in [-0.2, -0.15) is 4.98 Å². The normalized spacial score (nSPS) is 15.4. The number of amides is 1. The summed E-state index contributed by atoms with van der Waals surface area (Å²) in [6, 6.07) is 5.74. The van der Waals surface area contributed by atoms with Gasteiger partial charge in [-0.15, -0.1) is 5.92 Å². The summed E-state index contributed by atoms with van der Waals surface area (Å²) in [5, 5.41) is 3.89. The molecule has 1 aliphatic rings. The predicted octanol–water partition coefficient (Wildman–Crippen LogP) is 3.02. The smallest absolute Gasteiger partial charge is 0.407 e. The first kappa shape index (κ1) is 29.8. The van der Waals surface area contributed by atoms with E-state index in [-0.39, 0.29) is 30.3 Å². The number of nitrogens with zero attached hydrogens (tertiary/aromatic N) is 7. The van der Waals surface area contributed by atoms with Crippen LogP contribution in [0, 0.1) is 25.7 Å². The van der Waals surface area contributed by atoms with Crippen molar-refractivity contribution in [3.8, 4) is 11.8 Å². The molecule has 4 heterocycles. The van der Waals surface area contributed by atoms with Crippen molar-refractivity contribution in [1.82, 2.24) is 34.0 Å². The van der Waals surface area contributed by atoms with Crippen LogP contribution in [-0.4, -0.2) is 59.5 Å². The monoisotopic (exact) mass is 586 g/mol. The van der Waals surface area contributed by atoms with Gasteiger partial charge in [-0.25, -0.2) is 19.6 Å². The lowest BCUT2D eigenvalue weighted by Gasteiger charge is -2.34. The van der Waals surface area contributed by atoms with Crippen molar-refractivity contribution >= 4 is 34.1 Å². The number of aryl methyl sites for hydroxylation is 3. The summed E-state index contributed by atoms with van der Waals surface area (Å²) in [5.74, 6) is 6.84. The van der Waals surface area contributed by atoms with Gasteiger partial charge in [0.2, 0.25) is 5.95 Å². The highest BCUT2D eigenvalue weighted by atomic mass is 16.6. The van der Waals surface area contributed by atoms with Crippen LogP contribution in [0.2, 0.25) is 0 Å². The Morgan fingerprint density at radius 1 is 1.14 bits per heavy atom. The number of carbonyl (C=O) groups is 1. The van der Waals surface area contributed by atoms with E-state index in [9.17, 15) is 14.4 Å². The number of aromatic nitrogens is 6. The molecule has 1 aliphatic heterocycles. The van der Waals surface area contributed by atoms with Crippen molar-refractivity contribution in [2.45, 2.75) is 79.1 Å². The van der Waals surface area contributed by atoms with Gasteiger partial charge in [-0.05, 0) is 66.5 Å². The van der Waals surface area contributed by atoms with Gasteiger partial charge in [0.05, 0.1) is 18.6 Å². The Labute approximate surface area is 249 Å². The fraction of sp³-hybridized carbons (Fsp3) is 0.484. The molecule has 1 saturated heterocycles. The number of hydrogen-bond donors (Lipinski definition) is 1. The molecule has 3 aromatic heterocycles. The number of alkyl carbamates (subject to hydrolysis) is 1. The zero-order valence-corrected chi connectivity index (χ0v) is 25.8. The highest BCUT2D eigenvalue weighted by Gasteiger charge is 2.29. The standard InChI is InChI=1S/C31H38N8O4/c1-8-9-15-38-25-26(35-28(38)37-14-10-11-21(17-37)33-29(41)43-31(4,5)6)36(7)30(42)39(27(25)40)18-24-32-20(3)22-16-19(2)12-13-23(22)34-24/h12-13,16,21H,10-11,14-15,17-18H2,1-7H3,(H,33,41)/t21-/m1/s1. The Morgan fingerprint density at radius 3 is 2.63 bits per heavy atom. The molecule has 0 spiro atoms. The number of piperidine rings is 1. The Bertz CT molecular complexity index is 1900. The van der Waals surface area contributed by atoms with Gasteiger partial charge < -0.3 is 15.0 Å². The van der Waals surface area contributed by atoms with Crippen LogP contribution in [0.25, 0.3) is 22.1 Å². The molecule has 1 N–H and O–H groups in total. The second-order valence-corrected chi connectivity index (χ2v) is 12.0. The third kappa shape index (κ3) is 6.11. The molecule has 12 heteroatoms. The molecule has 12 nitrogen and oxygen atoms in total. The Kier molecular flexibility index (Phi) is 8.01. The molecular weight excluding hydrogens is 548 g/mol. The summed E-state index contributed by atoms with van der Waals surface area (Å²) >= 11 is 0. The maximum absolute atomic E-state index is 14.0. The number of rotatable bonds is 5. The van der Waals surface area contributed by atoms with E-state index in [0.29, 0.717) is 24.9 Å². The van der Waals surface area contributed by atoms with Gasteiger partial charge in [-0.1, -0.05) is 17.6 Å². The second-order valence-electron chi connectivity index (χ2n) is 12.0. The van der Waals surface area contributed by atoms with E-state index in [4.69, 9.17) is 9.72 Å². The maximum Gasteiger partial charge on any atom is 0.407 e. The van der Waals surface area contributed by atoms with E-state index < -0.39 is 22.9 Å². The van der Waals surface area contributed by atoms with Crippen LogP contribution in [0.15, 0.2) is 27.8 Å². The van der Waals surface area contributed by atoms with Crippen LogP contribution in [0.4, 0.5) is 10.7 Å². The SMILES string of the molecule is CC#CCn1c(N2CCC[C@@H](NC(=O)OC(C)(C)C)C2)nc2c1c(=O)n(Cc1nc(C)c3cc(C)ccc3n1)c(=O)n2C. The minimum absolute atomic E-state index is 0.0856. The molecule has 5 rings (SSSR count). The van der Waals surface area contributed by atoms with Crippen molar-refractivity contribution in [3.63, 3.8) is 0 Å². The van der Waals surface area contributed by atoms with E-state index in [0.717, 1.165) is 39.6 Å². The molecule has 1 aromatic carbocycles. The van der Waals surface area contributed by atoms with Gasteiger partial charge in [-0.3, -0.25) is 18.5 Å². The lowest BCUT2D eigenvalue weighted by molar-refractivity contribution is 0.0499. The van der Waals surface area contributed by atoms with Gasteiger partial charge in [0.15, 0.2) is 11.2 Å². The third-order valence-electron chi connectivity index (χ3n) is 7.44. The average molecular weight is 587 g/mol. The van der Waals surface area contributed by atoms with Crippen LogP contribution in [0.1, 0.15) is 57.6 Å². The lowest BCUT2D eigenvalue weighted by atomic mass is 10.1. The molecule has 1 atom stereocenters. The van der Waals surface area contributed by atoms with Crippen LogP contribution in [0.3, 0.4) is 0 Å². The molecule has 43 heavy (non-hydrogen) atoms. The van der Waals surface area contributed by atoms with Gasteiger partial charge in [0.25, 0.3) is 5.56 Å². The number of anilines is 1. The Morgan fingerprint density at radius 2 is 1.91 bits per heavy atom. The molecule has 1 fully saturated rings. The van der Waals surface area contributed by atoms with Gasteiger partial charge >= 0.3 is 11.8 Å². The first-order chi connectivity index (χ1) is 20.4. The van der Waals surface area contributed by atoms with Crippen molar-refractivity contribution < 1.29 is 9.53 Å². The first-order valence-electron chi connectivity index (χ1n) is 14.4. The number of carbonyl (C=O) groups excluding carboxylic acids is 1. The average Bonchev–Trinajstić information content (AvgIpc) is 3.32. The third-order valence-corrected chi connectivity index (χ3v) is 7.44. The van der Waals surface area contributed by atoms with Gasteiger partial charge in [0.1, 0.15) is 11.4 Å². The molecular formula is C31H38N8O4. The summed E-state index contributed by atoms with van der Waals surface area (Å²) in [6.45, 7) is 12.4. The molecule has 226 valence electrons. The number of fused-ring (bicyclic) bond motifs is 2. The van der Waals surface area contributed by atoms with Crippen LogP contribution in [-0.2, 0) is 24.9 Å². The number of ether oxygens (including phenoxy) is 1. The number of imidazole rings is 1. The second kappa shape index (κ2) is 11.6. The summed E-state index contributed by atoms with van der Waals surface area (Å²) in [7, 11) is 1.60. The predicted molar refractivity (Wildman–Crippen MR) is 165 cm³/mol. The fourth-order valence-corrected chi connectivity index (χ4v) is 5.47. The first-order valence-corrected chi connectivity index (χ1v) is 14.4. The van der Waals surface area contributed by atoms with Crippen molar-refractivity contribution in [1.29, 1.82) is 0 Å². The number of hydrogen-bond acceptors (Lipinski definition) is 8. The molecule has 0 unspecified atom stereocenters.